The zero-order valence-corrected chi connectivity index (χ0v) is 13.7. The Kier molecular flexibility index (Phi) is 7.42. The van der Waals surface area contributed by atoms with Crippen molar-refractivity contribution in [1.82, 2.24) is 4.57 Å². The van der Waals surface area contributed by atoms with Crippen molar-refractivity contribution < 1.29 is 14.7 Å². The van der Waals surface area contributed by atoms with Gasteiger partial charge >= 0.3 is 0 Å². The molecule has 116 valence electrons. The molecule has 1 aromatic heterocycles. The van der Waals surface area contributed by atoms with Crippen molar-refractivity contribution >= 4 is 18.3 Å². The molecule has 0 saturated heterocycles. The van der Waals surface area contributed by atoms with E-state index in [-0.39, 0.29) is 17.2 Å². The third-order valence-electron chi connectivity index (χ3n) is 2.66. The highest BCUT2D eigenvalue weighted by molar-refractivity contribution is 5.87. The van der Waals surface area contributed by atoms with E-state index in [9.17, 15) is 14.7 Å². The number of nitrogens with zero attached hydrogens (tertiary/aromatic N) is 1. The minimum atomic E-state index is -0.523. The summed E-state index contributed by atoms with van der Waals surface area (Å²) in [5.41, 5.74) is 0.209. The van der Waals surface area contributed by atoms with Gasteiger partial charge in [-0.1, -0.05) is 40.7 Å². The maximum absolute atomic E-state index is 12.2. The molecule has 0 atom stereocenters. The summed E-state index contributed by atoms with van der Waals surface area (Å²) in [6.07, 6.45) is 5.14. The Hall–Kier alpha value is -2.10. The van der Waals surface area contributed by atoms with Crippen molar-refractivity contribution in [1.29, 1.82) is 0 Å². The molecule has 0 aliphatic rings. The van der Waals surface area contributed by atoms with Crippen LogP contribution in [0.5, 0.6) is 0 Å². The Bertz CT molecular complexity index is 543. The van der Waals surface area contributed by atoms with Gasteiger partial charge in [-0.2, -0.15) is 0 Å². The fraction of sp³-hybridized carbons (Fsp3) is 0.412. The lowest BCUT2D eigenvalue weighted by molar-refractivity contribution is -0.104. The fourth-order valence-corrected chi connectivity index (χ4v) is 1.56. The smallest absolute Gasteiger partial charge is 0.236 e. The minimum absolute atomic E-state index is 0.0790. The van der Waals surface area contributed by atoms with Crippen LogP contribution in [0.3, 0.4) is 0 Å². The van der Waals surface area contributed by atoms with E-state index in [1.165, 1.54) is 16.7 Å². The second-order valence-corrected chi connectivity index (χ2v) is 5.25. The molecule has 0 unspecified atom stereocenters. The molecule has 1 rings (SSSR count). The first-order valence-corrected chi connectivity index (χ1v) is 7.06. The summed E-state index contributed by atoms with van der Waals surface area (Å²) in [5, 5.41) is 9.83. The summed E-state index contributed by atoms with van der Waals surface area (Å²) in [7, 11) is 0. The molecule has 0 aliphatic heterocycles. The van der Waals surface area contributed by atoms with Crippen molar-refractivity contribution in [3.63, 3.8) is 0 Å². The summed E-state index contributed by atoms with van der Waals surface area (Å²) in [6.45, 7) is 11.1. The summed E-state index contributed by atoms with van der Waals surface area (Å²) >= 11 is 0. The largest absolute Gasteiger partial charge is 0.507 e. The fourth-order valence-electron chi connectivity index (χ4n) is 1.56. The number of rotatable bonds is 3. The number of carbonyl (C=O) groups is 2. The average Bonchev–Trinajstić information content (AvgIpc) is 2.88. The number of aldehydes is 1. The summed E-state index contributed by atoms with van der Waals surface area (Å²) < 4.78 is 1.47. The van der Waals surface area contributed by atoms with Gasteiger partial charge in [-0.15, -0.1) is 0 Å². The first-order valence-electron chi connectivity index (χ1n) is 7.06. The van der Waals surface area contributed by atoms with E-state index in [0.717, 1.165) is 0 Å². The lowest BCUT2D eigenvalue weighted by Crippen LogP contribution is -2.26. The predicted molar refractivity (Wildman–Crippen MR) is 86.3 cm³/mol. The molecule has 1 heterocycles. The Morgan fingerprint density at radius 2 is 1.86 bits per heavy atom. The lowest BCUT2D eigenvalue weighted by Gasteiger charge is -2.18. The molecule has 0 bridgehead atoms. The van der Waals surface area contributed by atoms with Crippen molar-refractivity contribution in [3.05, 3.63) is 41.4 Å². The maximum atomic E-state index is 12.2. The first-order chi connectivity index (χ1) is 9.81. The van der Waals surface area contributed by atoms with Gasteiger partial charge in [0.2, 0.25) is 5.91 Å². The van der Waals surface area contributed by atoms with Gasteiger partial charge < -0.3 is 5.11 Å². The number of carbonyl (C=O) groups excluding carboxylic acids is 2. The van der Waals surface area contributed by atoms with E-state index >= 15 is 0 Å². The van der Waals surface area contributed by atoms with Crippen LogP contribution >= 0.6 is 0 Å². The molecule has 0 spiro atoms. The van der Waals surface area contributed by atoms with Crippen molar-refractivity contribution in [2.24, 2.45) is 5.41 Å². The highest BCUT2D eigenvalue weighted by atomic mass is 16.3. The Morgan fingerprint density at radius 1 is 1.29 bits per heavy atom. The van der Waals surface area contributed by atoms with Crippen molar-refractivity contribution in [3.8, 4) is 0 Å². The van der Waals surface area contributed by atoms with E-state index in [4.69, 9.17) is 0 Å². The molecule has 0 aromatic carbocycles. The van der Waals surface area contributed by atoms with Crippen molar-refractivity contribution in [2.75, 3.05) is 0 Å². The highest BCUT2D eigenvalue weighted by Gasteiger charge is 2.24. The molecule has 0 fully saturated rings. The van der Waals surface area contributed by atoms with Gasteiger partial charge in [-0.3, -0.25) is 14.2 Å². The van der Waals surface area contributed by atoms with E-state index in [0.29, 0.717) is 12.0 Å². The summed E-state index contributed by atoms with van der Waals surface area (Å²) in [4.78, 5) is 22.9. The summed E-state index contributed by atoms with van der Waals surface area (Å²) in [6, 6.07) is 3.43. The Morgan fingerprint density at radius 3 is 2.29 bits per heavy atom. The Labute approximate surface area is 126 Å². The molecule has 21 heavy (non-hydrogen) atoms. The van der Waals surface area contributed by atoms with Gasteiger partial charge in [0.1, 0.15) is 5.76 Å². The molecule has 1 aromatic rings. The lowest BCUT2D eigenvalue weighted by atomic mass is 9.95. The SMILES string of the molecule is C/C=C(C=O)\C(O)=C/c1cccn1C(=O)C(C)(C)C.CC. The zero-order valence-electron chi connectivity index (χ0n) is 13.7. The molecule has 0 aliphatic carbocycles. The van der Waals surface area contributed by atoms with Gasteiger partial charge in [0.05, 0.1) is 11.3 Å². The van der Waals surface area contributed by atoms with Gasteiger partial charge in [0.15, 0.2) is 6.29 Å². The predicted octanol–water partition coefficient (Wildman–Crippen LogP) is 4.24. The van der Waals surface area contributed by atoms with Gasteiger partial charge in [0, 0.05) is 17.7 Å². The Balaban J connectivity index is 0.00000191. The molecule has 0 amide bonds. The highest BCUT2D eigenvalue weighted by Crippen LogP contribution is 2.20. The van der Waals surface area contributed by atoms with Crippen LogP contribution in [0.25, 0.3) is 6.08 Å². The zero-order chi connectivity index (χ0) is 16.6. The third kappa shape index (κ3) is 5.06. The maximum Gasteiger partial charge on any atom is 0.236 e. The van der Waals surface area contributed by atoms with Crippen LogP contribution in [0.4, 0.5) is 0 Å². The van der Waals surface area contributed by atoms with Crippen LogP contribution in [0.1, 0.15) is 52.0 Å². The number of aliphatic hydroxyl groups is 1. The van der Waals surface area contributed by atoms with Crippen LogP contribution in [0.2, 0.25) is 0 Å². The van der Waals surface area contributed by atoms with E-state index in [2.05, 4.69) is 0 Å². The number of hydrogen-bond donors (Lipinski definition) is 1. The minimum Gasteiger partial charge on any atom is -0.507 e. The van der Waals surface area contributed by atoms with Gasteiger partial charge in [-0.25, -0.2) is 0 Å². The molecule has 4 heteroatoms. The normalized spacial score (nSPS) is 12.5. The van der Waals surface area contributed by atoms with E-state index in [1.807, 2.05) is 34.6 Å². The van der Waals surface area contributed by atoms with Crippen LogP contribution in [0.15, 0.2) is 35.7 Å². The number of allylic oxidation sites excluding steroid dienone is 2. The molecule has 4 nitrogen and oxygen atoms in total. The monoisotopic (exact) mass is 291 g/mol. The van der Waals surface area contributed by atoms with Crippen LogP contribution in [-0.2, 0) is 4.79 Å². The first kappa shape index (κ1) is 18.9. The standard InChI is InChI=1S/C15H19NO3.C2H6/c1-5-11(10-17)13(18)9-12-7-6-8-16(12)14(19)15(2,3)4;1-2/h5-10,18H,1-4H3;1-2H3/b11-5-,13-9+;. The quantitative estimate of drug-likeness (QED) is 0.392. The van der Waals surface area contributed by atoms with Gasteiger partial charge in [-0.05, 0) is 19.1 Å². The van der Waals surface area contributed by atoms with E-state index < -0.39 is 5.41 Å². The van der Waals surface area contributed by atoms with E-state index in [1.54, 1.807) is 25.3 Å². The number of hydrogen-bond acceptors (Lipinski definition) is 3. The van der Waals surface area contributed by atoms with Gasteiger partial charge in [0.25, 0.3) is 0 Å². The topological polar surface area (TPSA) is 59.3 Å². The average molecular weight is 291 g/mol. The van der Waals surface area contributed by atoms with Crippen molar-refractivity contribution in [2.45, 2.75) is 41.5 Å². The molecule has 1 N–H and O–H groups in total. The molecule has 0 radical (unpaired) electrons. The van der Waals surface area contributed by atoms with Crippen LogP contribution in [0, 0.1) is 5.41 Å². The van der Waals surface area contributed by atoms with Crippen LogP contribution in [-0.4, -0.2) is 21.9 Å². The molecular formula is C17H25NO3. The summed E-state index contributed by atoms with van der Waals surface area (Å²) in [5.74, 6) is -0.233. The van der Waals surface area contributed by atoms with Crippen LogP contribution < -0.4 is 0 Å². The second kappa shape index (κ2) is 8.25. The second-order valence-electron chi connectivity index (χ2n) is 5.25. The molecule has 0 saturated carbocycles. The number of aliphatic hydroxyl groups excluding tert-OH is 1. The molecular weight excluding hydrogens is 266 g/mol. The number of aromatic nitrogens is 1. The third-order valence-corrected chi connectivity index (χ3v) is 2.66.